The molecule has 1 heterocycles. The van der Waals surface area contributed by atoms with Crippen LogP contribution in [0.4, 0.5) is 11.4 Å². The SMILES string of the molecule is CCCCN1C(SCC(=O)Nc2ccc(C)cc2)=NS(=O)(=O)c2ccccc21. The molecule has 0 atom stereocenters. The maximum atomic E-state index is 12.5. The van der Waals surface area contributed by atoms with Crippen LogP contribution in [-0.2, 0) is 14.8 Å². The van der Waals surface area contributed by atoms with Crippen LogP contribution in [0.5, 0.6) is 0 Å². The molecule has 0 radical (unpaired) electrons. The first kappa shape index (κ1) is 20.4. The lowest BCUT2D eigenvalue weighted by Crippen LogP contribution is -2.35. The number of unbranched alkanes of at least 4 members (excludes halogenated alkanes) is 1. The second kappa shape index (κ2) is 8.79. The van der Waals surface area contributed by atoms with Gasteiger partial charge >= 0.3 is 0 Å². The van der Waals surface area contributed by atoms with Crippen molar-refractivity contribution in [2.75, 3.05) is 22.5 Å². The number of thioether (sulfide) groups is 1. The number of benzene rings is 2. The molecule has 1 aliphatic heterocycles. The van der Waals surface area contributed by atoms with Gasteiger partial charge < -0.3 is 10.2 Å². The van der Waals surface area contributed by atoms with E-state index < -0.39 is 10.0 Å². The Bertz CT molecular complexity index is 986. The van der Waals surface area contributed by atoms with Crippen LogP contribution in [0.3, 0.4) is 0 Å². The van der Waals surface area contributed by atoms with Crippen molar-refractivity contribution >= 4 is 44.2 Å². The number of carbonyl (C=O) groups is 1. The molecule has 0 aromatic heterocycles. The minimum Gasteiger partial charge on any atom is -0.325 e. The fourth-order valence-electron chi connectivity index (χ4n) is 2.80. The lowest BCUT2D eigenvalue weighted by Gasteiger charge is -2.30. The summed E-state index contributed by atoms with van der Waals surface area (Å²) in [6, 6.07) is 14.4. The third kappa shape index (κ3) is 4.74. The monoisotopic (exact) mass is 417 g/mol. The van der Waals surface area contributed by atoms with Crippen LogP contribution in [0.15, 0.2) is 57.8 Å². The Hall–Kier alpha value is -2.32. The molecule has 2 aromatic rings. The van der Waals surface area contributed by atoms with Gasteiger partial charge in [0.25, 0.3) is 10.0 Å². The van der Waals surface area contributed by atoms with Crippen molar-refractivity contribution in [3.05, 3.63) is 54.1 Å². The van der Waals surface area contributed by atoms with Gasteiger partial charge in [0, 0.05) is 12.2 Å². The van der Waals surface area contributed by atoms with Gasteiger partial charge in [-0.1, -0.05) is 54.9 Å². The first-order valence-electron chi connectivity index (χ1n) is 9.11. The predicted octanol–water partition coefficient (Wildman–Crippen LogP) is 4.03. The number of carbonyl (C=O) groups excluding carboxylic acids is 1. The number of para-hydroxylation sites is 1. The average molecular weight is 418 g/mol. The van der Waals surface area contributed by atoms with Gasteiger partial charge in [-0.05, 0) is 37.6 Å². The van der Waals surface area contributed by atoms with Gasteiger partial charge in [-0.25, -0.2) is 0 Å². The number of fused-ring (bicyclic) bond motifs is 1. The van der Waals surface area contributed by atoms with Gasteiger partial charge in [-0.15, -0.1) is 4.40 Å². The second-order valence-electron chi connectivity index (χ2n) is 6.52. The van der Waals surface area contributed by atoms with Gasteiger partial charge in [0.05, 0.1) is 11.4 Å². The molecule has 6 nitrogen and oxygen atoms in total. The number of nitrogens with one attached hydrogen (secondary N) is 1. The van der Waals surface area contributed by atoms with Crippen LogP contribution in [0, 0.1) is 6.92 Å². The van der Waals surface area contributed by atoms with Crippen LogP contribution in [0.25, 0.3) is 0 Å². The van der Waals surface area contributed by atoms with Crippen LogP contribution >= 0.6 is 11.8 Å². The largest absolute Gasteiger partial charge is 0.325 e. The molecular formula is C20H23N3O3S2. The zero-order valence-corrected chi connectivity index (χ0v) is 17.5. The molecular weight excluding hydrogens is 394 g/mol. The van der Waals surface area contributed by atoms with E-state index in [0.29, 0.717) is 23.1 Å². The van der Waals surface area contributed by atoms with Gasteiger partial charge in [-0.2, -0.15) is 8.42 Å². The van der Waals surface area contributed by atoms with Crippen LogP contribution in [0.2, 0.25) is 0 Å². The van der Waals surface area contributed by atoms with Gasteiger partial charge in [-0.3, -0.25) is 4.79 Å². The number of amides is 1. The number of hydrogen-bond donors (Lipinski definition) is 1. The minimum absolute atomic E-state index is 0.0764. The normalized spacial score (nSPS) is 14.9. The summed E-state index contributed by atoms with van der Waals surface area (Å²) >= 11 is 1.14. The predicted molar refractivity (Wildman–Crippen MR) is 116 cm³/mol. The summed E-state index contributed by atoms with van der Waals surface area (Å²) in [5.41, 5.74) is 2.44. The van der Waals surface area contributed by atoms with E-state index in [1.807, 2.05) is 42.2 Å². The molecule has 0 aliphatic carbocycles. The fraction of sp³-hybridized carbons (Fsp3) is 0.300. The lowest BCUT2D eigenvalue weighted by molar-refractivity contribution is -0.113. The molecule has 0 unspecified atom stereocenters. The van der Waals surface area contributed by atoms with Crippen molar-refractivity contribution in [3.8, 4) is 0 Å². The molecule has 1 amide bonds. The van der Waals surface area contributed by atoms with Crippen molar-refractivity contribution in [2.45, 2.75) is 31.6 Å². The molecule has 148 valence electrons. The maximum absolute atomic E-state index is 12.5. The molecule has 0 fully saturated rings. The molecule has 8 heteroatoms. The maximum Gasteiger partial charge on any atom is 0.286 e. The summed E-state index contributed by atoms with van der Waals surface area (Å²) in [6.07, 6.45) is 1.86. The minimum atomic E-state index is -3.77. The smallest absolute Gasteiger partial charge is 0.286 e. The summed E-state index contributed by atoms with van der Waals surface area (Å²) in [5, 5.41) is 3.16. The third-order valence-corrected chi connectivity index (χ3v) is 6.67. The van der Waals surface area contributed by atoms with E-state index in [1.165, 1.54) is 0 Å². The Morgan fingerprint density at radius 3 is 2.57 bits per heavy atom. The first-order chi connectivity index (χ1) is 13.4. The molecule has 0 spiro atoms. The van der Waals surface area contributed by atoms with Crippen molar-refractivity contribution in [3.63, 3.8) is 0 Å². The number of amidine groups is 1. The lowest BCUT2D eigenvalue weighted by atomic mass is 10.2. The zero-order chi connectivity index (χ0) is 20.1. The summed E-state index contributed by atoms with van der Waals surface area (Å²) in [7, 11) is -3.77. The highest BCUT2D eigenvalue weighted by Gasteiger charge is 2.30. The molecule has 1 N–H and O–H groups in total. The van der Waals surface area contributed by atoms with Gasteiger partial charge in [0.15, 0.2) is 5.17 Å². The quantitative estimate of drug-likeness (QED) is 0.768. The van der Waals surface area contributed by atoms with Crippen LogP contribution < -0.4 is 10.2 Å². The van der Waals surface area contributed by atoms with E-state index in [2.05, 4.69) is 16.6 Å². The van der Waals surface area contributed by atoms with Crippen molar-refractivity contribution in [1.29, 1.82) is 0 Å². The third-order valence-electron chi connectivity index (χ3n) is 4.27. The van der Waals surface area contributed by atoms with Gasteiger partial charge in [0.2, 0.25) is 5.91 Å². The Labute approximate surface area is 170 Å². The Morgan fingerprint density at radius 1 is 1.14 bits per heavy atom. The number of nitrogens with zero attached hydrogens (tertiary/aromatic N) is 2. The molecule has 1 aliphatic rings. The number of aryl methyl sites for hydroxylation is 1. The molecule has 0 saturated carbocycles. The van der Waals surface area contributed by atoms with Crippen molar-refractivity contribution in [1.82, 2.24) is 0 Å². The highest BCUT2D eigenvalue weighted by molar-refractivity contribution is 8.15. The van der Waals surface area contributed by atoms with Crippen LogP contribution in [-0.4, -0.2) is 31.8 Å². The summed E-state index contributed by atoms with van der Waals surface area (Å²) in [4.78, 5) is 14.4. The number of rotatable bonds is 6. The summed E-state index contributed by atoms with van der Waals surface area (Å²) in [6.45, 7) is 4.70. The number of sulfonamides is 1. The van der Waals surface area contributed by atoms with E-state index in [0.717, 1.165) is 30.2 Å². The van der Waals surface area contributed by atoms with Crippen molar-refractivity contribution in [2.24, 2.45) is 4.40 Å². The molecule has 0 bridgehead atoms. The van der Waals surface area contributed by atoms with Gasteiger partial charge in [0.1, 0.15) is 4.90 Å². The summed E-state index contributed by atoms with van der Waals surface area (Å²) in [5.74, 6) is -0.129. The second-order valence-corrected chi connectivity index (χ2v) is 9.04. The van der Waals surface area contributed by atoms with E-state index in [-0.39, 0.29) is 16.6 Å². The van der Waals surface area contributed by atoms with E-state index in [9.17, 15) is 13.2 Å². The molecule has 0 saturated heterocycles. The molecule has 28 heavy (non-hydrogen) atoms. The average Bonchev–Trinajstić information content (AvgIpc) is 2.67. The molecule has 3 rings (SSSR count). The van der Waals surface area contributed by atoms with E-state index in [4.69, 9.17) is 0 Å². The standard InChI is InChI=1S/C20H23N3O3S2/c1-3-4-13-23-17-7-5-6-8-18(17)28(25,26)22-20(23)27-14-19(24)21-16-11-9-15(2)10-12-16/h5-12H,3-4,13-14H2,1-2H3,(H,21,24). The Kier molecular flexibility index (Phi) is 6.41. The first-order valence-corrected chi connectivity index (χ1v) is 11.5. The summed E-state index contributed by atoms with van der Waals surface area (Å²) < 4.78 is 29.1. The number of hydrogen-bond acceptors (Lipinski definition) is 5. The number of anilines is 2. The Balaban J connectivity index is 1.76. The fourth-order valence-corrected chi connectivity index (χ4v) is 5.08. The molecule has 2 aromatic carbocycles. The highest BCUT2D eigenvalue weighted by atomic mass is 32.2. The van der Waals surface area contributed by atoms with Crippen LogP contribution in [0.1, 0.15) is 25.3 Å². The highest BCUT2D eigenvalue weighted by Crippen LogP contribution is 2.34. The zero-order valence-electron chi connectivity index (χ0n) is 15.9. The topological polar surface area (TPSA) is 78.8 Å². The van der Waals surface area contributed by atoms with Crippen molar-refractivity contribution < 1.29 is 13.2 Å². The van der Waals surface area contributed by atoms with E-state index >= 15 is 0 Å². The van der Waals surface area contributed by atoms with E-state index in [1.54, 1.807) is 18.2 Å². The Morgan fingerprint density at radius 2 is 1.86 bits per heavy atom.